The Morgan fingerprint density at radius 3 is 2.24 bits per heavy atom. The van der Waals surface area contributed by atoms with E-state index >= 15 is 0 Å². The van der Waals surface area contributed by atoms with Crippen LogP contribution in [0.4, 0.5) is 11.4 Å². The zero-order valence-corrected chi connectivity index (χ0v) is 18.4. The van der Waals surface area contributed by atoms with Crippen molar-refractivity contribution in [3.05, 3.63) is 57.6 Å². The second-order valence-corrected chi connectivity index (χ2v) is 8.98. The fourth-order valence-electron chi connectivity index (χ4n) is 2.55. The number of sulfonamides is 1. The van der Waals surface area contributed by atoms with Gasteiger partial charge >= 0.3 is 5.97 Å². The molecule has 0 unspecified atom stereocenters. The van der Waals surface area contributed by atoms with E-state index in [4.69, 9.17) is 27.9 Å². The van der Waals surface area contributed by atoms with Crippen molar-refractivity contribution >= 4 is 56.5 Å². The van der Waals surface area contributed by atoms with Crippen LogP contribution in [0.2, 0.25) is 10.0 Å². The van der Waals surface area contributed by atoms with Crippen molar-refractivity contribution in [2.45, 2.75) is 13.8 Å². The summed E-state index contributed by atoms with van der Waals surface area (Å²) in [7, 11) is -3.78. The van der Waals surface area contributed by atoms with E-state index in [9.17, 15) is 18.0 Å². The molecular weight excluding hydrogens is 439 g/mol. The number of benzene rings is 2. The lowest BCUT2D eigenvalue weighted by atomic mass is 10.1. The van der Waals surface area contributed by atoms with E-state index in [0.29, 0.717) is 16.8 Å². The van der Waals surface area contributed by atoms with Crippen LogP contribution in [-0.2, 0) is 19.6 Å². The summed E-state index contributed by atoms with van der Waals surface area (Å²) in [5.74, 6) is -1.03. The molecule has 0 aromatic heterocycles. The molecule has 0 atom stereocenters. The van der Waals surface area contributed by atoms with Gasteiger partial charge in [-0.2, -0.15) is 0 Å². The molecule has 10 heteroatoms. The quantitative estimate of drug-likeness (QED) is 0.635. The van der Waals surface area contributed by atoms with Crippen LogP contribution in [-0.4, -0.2) is 39.7 Å². The van der Waals surface area contributed by atoms with E-state index in [0.717, 1.165) is 10.6 Å². The van der Waals surface area contributed by atoms with E-state index in [1.807, 2.05) is 0 Å². The van der Waals surface area contributed by atoms with Gasteiger partial charge in [0.1, 0.15) is 6.54 Å². The average molecular weight is 459 g/mol. The first kappa shape index (κ1) is 23.0. The zero-order valence-electron chi connectivity index (χ0n) is 16.0. The molecule has 0 saturated heterocycles. The fraction of sp³-hybridized carbons (Fsp3) is 0.263. The van der Waals surface area contributed by atoms with Crippen LogP contribution in [0.3, 0.4) is 0 Å². The van der Waals surface area contributed by atoms with Crippen LogP contribution in [0.25, 0.3) is 0 Å². The fourth-order valence-corrected chi connectivity index (χ4v) is 3.90. The Morgan fingerprint density at radius 1 is 1.10 bits per heavy atom. The lowest BCUT2D eigenvalue weighted by molar-refractivity contribution is -0.114. The zero-order chi connectivity index (χ0) is 21.8. The highest BCUT2D eigenvalue weighted by atomic mass is 35.5. The molecular formula is C19H20Cl2N2O5S. The topological polar surface area (TPSA) is 92.8 Å². The Hall–Kier alpha value is -2.29. The van der Waals surface area contributed by atoms with Crippen LogP contribution < -0.4 is 9.62 Å². The average Bonchev–Trinajstić information content (AvgIpc) is 2.59. The molecule has 1 N–H and O–H groups in total. The van der Waals surface area contributed by atoms with E-state index in [1.54, 1.807) is 26.0 Å². The van der Waals surface area contributed by atoms with Crippen molar-refractivity contribution in [3.8, 4) is 0 Å². The number of anilines is 2. The third-order valence-electron chi connectivity index (χ3n) is 3.83. The van der Waals surface area contributed by atoms with Gasteiger partial charge in [0.15, 0.2) is 0 Å². The molecule has 0 spiro atoms. The SMILES string of the molecule is CCOC(=O)c1ccc(NC(=O)CN(c2cc(Cl)cc(Cl)c2)S(C)(=O)=O)c(C)c1. The number of hydrogen-bond donors (Lipinski definition) is 1. The van der Waals surface area contributed by atoms with Crippen molar-refractivity contribution in [1.82, 2.24) is 0 Å². The highest BCUT2D eigenvalue weighted by Gasteiger charge is 2.22. The van der Waals surface area contributed by atoms with Crippen molar-refractivity contribution in [1.29, 1.82) is 0 Å². The number of amides is 1. The van der Waals surface area contributed by atoms with Crippen LogP contribution in [0.5, 0.6) is 0 Å². The molecule has 0 aliphatic heterocycles. The molecule has 2 aromatic rings. The summed E-state index contributed by atoms with van der Waals surface area (Å²) < 4.78 is 30.2. The van der Waals surface area contributed by atoms with Crippen molar-refractivity contribution in [2.24, 2.45) is 0 Å². The number of hydrogen-bond acceptors (Lipinski definition) is 5. The van der Waals surface area contributed by atoms with Gasteiger partial charge in [-0.1, -0.05) is 23.2 Å². The molecule has 156 valence electrons. The maximum Gasteiger partial charge on any atom is 0.338 e. The lowest BCUT2D eigenvalue weighted by Gasteiger charge is -2.22. The summed E-state index contributed by atoms with van der Waals surface area (Å²) in [6.45, 7) is 3.20. The first-order valence-corrected chi connectivity index (χ1v) is 11.1. The second kappa shape index (κ2) is 9.47. The van der Waals surface area contributed by atoms with Gasteiger partial charge in [-0.25, -0.2) is 13.2 Å². The number of halogens is 2. The van der Waals surface area contributed by atoms with Gasteiger partial charge in [0, 0.05) is 15.7 Å². The normalized spacial score (nSPS) is 11.1. The van der Waals surface area contributed by atoms with Gasteiger partial charge in [0.05, 0.1) is 24.1 Å². The molecule has 29 heavy (non-hydrogen) atoms. The summed E-state index contributed by atoms with van der Waals surface area (Å²) in [5, 5.41) is 3.13. The smallest absolute Gasteiger partial charge is 0.338 e. The van der Waals surface area contributed by atoms with E-state index < -0.39 is 28.4 Å². The number of esters is 1. The maximum absolute atomic E-state index is 12.5. The molecule has 0 fully saturated rings. The van der Waals surface area contributed by atoms with Gasteiger partial charge in [-0.15, -0.1) is 0 Å². The predicted molar refractivity (Wildman–Crippen MR) is 114 cm³/mol. The Labute approximate surface area is 179 Å². The number of carbonyl (C=O) groups is 2. The molecule has 1 amide bonds. The van der Waals surface area contributed by atoms with Gasteiger partial charge in [-0.3, -0.25) is 9.10 Å². The molecule has 2 rings (SSSR count). The molecule has 0 heterocycles. The Bertz CT molecular complexity index is 1020. The number of aryl methyl sites for hydroxylation is 1. The summed E-state index contributed by atoms with van der Waals surface area (Å²) in [4.78, 5) is 24.3. The molecule has 0 radical (unpaired) electrons. The van der Waals surface area contributed by atoms with Crippen LogP contribution >= 0.6 is 23.2 Å². The van der Waals surface area contributed by atoms with E-state index in [2.05, 4.69) is 5.32 Å². The van der Waals surface area contributed by atoms with Crippen LogP contribution in [0, 0.1) is 6.92 Å². The summed E-state index contributed by atoms with van der Waals surface area (Å²) >= 11 is 11.9. The molecule has 0 bridgehead atoms. The second-order valence-electron chi connectivity index (χ2n) is 6.20. The minimum absolute atomic E-state index is 0.175. The van der Waals surface area contributed by atoms with E-state index in [-0.39, 0.29) is 22.3 Å². The number of nitrogens with zero attached hydrogens (tertiary/aromatic N) is 1. The largest absolute Gasteiger partial charge is 0.462 e. The highest BCUT2D eigenvalue weighted by molar-refractivity contribution is 7.92. The Balaban J connectivity index is 2.22. The third kappa shape index (κ3) is 6.35. The Morgan fingerprint density at radius 2 is 1.72 bits per heavy atom. The number of ether oxygens (including phenoxy) is 1. The van der Waals surface area contributed by atoms with Crippen molar-refractivity contribution < 1.29 is 22.7 Å². The third-order valence-corrected chi connectivity index (χ3v) is 5.41. The number of carbonyl (C=O) groups excluding carboxylic acids is 2. The maximum atomic E-state index is 12.5. The number of rotatable bonds is 7. The minimum Gasteiger partial charge on any atom is -0.462 e. The molecule has 0 aliphatic rings. The van der Waals surface area contributed by atoms with Gasteiger partial charge in [0.25, 0.3) is 0 Å². The van der Waals surface area contributed by atoms with Crippen LogP contribution in [0.1, 0.15) is 22.8 Å². The summed E-state index contributed by atoms with van der Waals surface area (Å²) in [5.41, 5.74) is 1.60. The predicted octanol–water partition coefficient (Wildman–Crippen LogP) is 3.88. The summed E-state index contributed by atoms with van der Waals surface area (Å²) in [6, 6.07) is 8.93. The lowest BCUT2D eigenvalue weighted by Crippen LogP contribution is -2.37. The van der Waals surface area contributed by atoms with Gasteiger partial charge in [-0.05, 0) is 55.8 Å². The van der Waals surface area contributed by atoms with Gasteiger partial charge < -0.3 is 10.1 Å². The summed E-state index contributed by atoms with van der Waals surface area (Å²) in [6.07, 6.45) is 0.981. The molecule has 0 aliphatic carbocycles. The molecule has 0 saturated carbocycles. The monoisotopic (exact) mass is 458 g/mol. The van der Waals surface area contributed by atoms with Crippen molar-refractivity contribution in [2.75, 3.05) is 29.0 Å². The first-order chi connectivity index (χ1) is 13.5. The first-order valence-electron chi connectivity index (χ1n) is 8.52. The minimum atomic E-state index is -3.78. The van der Waals surface area contributed by atoms with E-state index in [1.165, 1.54) is 24.3 Å². The molecule has 7 nitrogen and oxygen atoms in total. The molecule has 2 aromatic carbocycles. The number of nitrogens with one attached hydrogen (secondary N) is 1. The van der Waals surface area contributed by atoms with Gasteiger partial charge in [0.2, 0.25) is 15.9 Å². The standard InChI is InChI=1S/C19H20Cl2N2O5S/c1-4-28-19(25)13-5-6-17(12(2)7-13)22-18(24)11-23(29(3,26)27)16-9-14(20)8-15(21)10-16/h5-10H,4,11H2,1-3H3,(H,22,24). The van der Waals surface area contributed by atoms with Crippen molar-refractivity contribution in [3.63, 3.8) is 0 Å². The highest BCUT2D eigenvalue weighted by Crippen LogP contribution is 2.27. The Kier molecular flexibility index (Phi) is 7.51. The van der Waals surface area contributed by atoms with Crippen LogP contribution in [0.15, 0.2) is 36.4 Å².